The Morgan fingerprint density at radius 1 is 1.00 bits per heavy atom. The number of carbonyl (C=O) groups is 1. The van der Waals surface area contributed by atoms with Gasteiger partial charge >= 0.3 is 6.18 Å². The van der Waals surface area contributed by atoms with Crippen molar-refractivity contribution in [1.82, 2.24) is 19.3 Å². The van der Waals surface area contributed by atoms with Crippen LogP contribution in [-0.4, -0.2) is 31.0 Å². The Balaban J connectivity index is 1.48. The van der Waals surface area contributed by atoms with Crippen LogP contribution in [0.3, 0.4) is 0 Å². The highest BCUT2D eigenvalue weighted by Gasteiger charge is 2.33. The van der Waals surface area contributed by atoms with Gasteiger partial charge in [0.05, 0.1) is 17.0 Å². The van der Waals surface area contributed by atoms with E-state index in [9.17, 15) is 18.0 Å². The fourth-order valence-corrected chi connectivity index (χ4v) is 4.45. The molecule has 6 nitrogen and oxygen atoms in total. The van der Waals surface area contributed by atoms with Crippen LogP contribution in [0.2, 0.25) is 0 Å². The first-order valence-electron chi connectivity index (χ1n) is 11.0. The number of aromatic nitrogens is 4. The summed E-state index contributed by atoms with van der Waals surface area (Å²) >= 11 is 1.15. The Kier molecular flexibility index (Phi) is 7.60. The fraction of sp³-hybridized carbons (Fsp3) is 0.240. The molecule has 0 saturated heterocycles. The number of thioether (sulfide) groups is 1. The topological polar surface area (TPSA) is 64.7 Å². The van der Waals surface area contributed by atoms with E-state index >= 15 is 0 Å². The van der Waals surface area contributed by atoms with Gasteiger partial charge in [0.25, 0.3) is 0 Å². The Morgan fingerprint density at radius 2 is 1.74 bits per heavy atom. The Labute approximate surface area is 205 Å². The minimum atomic E-state index is -4.56. The van der Waals surface area contributed by atoms with Crippen LogP contribution in [0.25, 0.3) is 0 Å². The maximum Gasteiger partial charge on any atom is 0.418 e. The summed E-state index contributed by atoms with van der Waals surface area (Å²) in [5.74, 6) is 0.112. The summed E-state index contributed by atoms with van der Waals surface area (Å²) in [6, 6.07) is 18.9. The predicted molar refractivity (Wildman–Crippen MR) is 129 cm³/mol. The monoisotopic (exact) mass is 499 g/mol. The first-order chi connectivity index (χ1) is 16.8. The fourth-order valence-electron chi connectivity index (χ4n) is 3.66. The summed E-state index contributed by atoms with van der Waals surface area (Å²) in [4.78, 5) is 12.5. The molecule has 2 aromatic heterocycles. The van der Waals surface area contributed by atoms with E-state index in [0.29, 0.717) is 18.1 Å². The summed E-state index contributed by atoms with van der Waals surface area (Å²) in [5, 5.41) is 11.6. The number of benzene rings is 2. The molecule has 10 heteroatoms. The molecule has 0 fully saturated rings. The van der Waals surface area contributed by atoms with Crippen molar-refractivity contribution >= 4 is 23.4 Å². The van der Waals surface area contributed by atoms with Gasteiger partial charge in [0.15, 0.2) is 5.16 Å². The quantitative estimate of drug-likeness (QED) is 0.322. The maximum absolute atomic E-state index is 13.2. The second kappa shape index (κ2) is 10.8. The van der Waals surface area contributed by atoms with E-state index < -0.39 is 17.6 Å². The normalized spacial score (nSPS) is 11.5. The third-order valence-corrected chi connectivity index (χ3v) is 6.46. The van der Waals surface area contributed by atoms with Gasteiger partial charge in [-0.05, 0) is 36.2 Å². The first-order valence-corrected chi connectivity index (χ1v) is 11.9. The summed E-state index contributed by atoms with van der Waals surface area (Å²) in [5.41, 5.74) is 1.08. The molecule has 0 unspecified atom stereocenters. The highest BCUT2D eigenvalue weighted by Crippen LogP contribution is 2.34. The number of rotatable bonds is 9. The first kappa shape index (κ1) is 24.6. The minimum absolute atomic E-state index is 0.0974. The summed E-state index contributed by atoms with van der Waals surface area (Å²) in [7, 11) is 1.96. The van der Waals surface area contributed by atoms with Gasteiger partial charge < -0.3 is 14.5 Å². The molecule has 0 saturated carbocycles. The van der Waals surface area contributed by atoms with Crippen LogP contribution in [0.15, 0.2) is 78.1 Å². The summed E-state index contributed by atoms with van der Waals surface area (Å²) in [6.45, 7) is 0.609. The van der Waals surface area contributed by atoms with Crippen LogP contribution >= 0.6 is 11.8 Å². The molecule has 35 heavy (non-hydrogen) atoms. The lowest BCUT2D eigenvalue weighted by Crippen LogP contribution is -2.18. The smallest absolute Gasteiger partial charge is 0.354 e. The number of nitrogens with one attached hydrogen (secondary N) is 1. The van der Waals surface area contributed by atoms with Gasteiger partial charge in [-0.3, -0.25) is 4.79 Å². The minimum Gasteiger partial charge on any atom is -0.354 e. The summed E-state index contributed by atoms with van der Waals surface area (Å²) in [6.07, 6.45) is -1.28. The van der Waals surface area contributed by atoms with E-state index in [1.165, 1.54) is 18.2 Å². The van der Waals surface area contributed by atoms with Crippen molar-refractivity contribution in [3.63, 3.8) is 0 Å². The molecule has 0 aliphatic heterocycles. The van der Waals surface area contributed by atoms with E-state index in [4.69, 9.17) is 0 Å². The standard InChI is InChI=1S/C25H24F3N5OS/c1-32-14-7-10-19(32)16-22-30-31-24(33(22)15-13-18-8-3-2-4-9-18)35-17-23(34)29-21-12-6-5-11-20(21)25(26,27)28/h2-12,14H,13,15-17H2,1H3,(H,29,34). The van der Waals surface area contributed by atoms with E-state index in [2.05, 4.69) is 15.5 Å². The van der Waals surface area contributed by atoms with Crippen molar-refractivity contribution < 1.29 is 18.0 Å². The Morgan fingerprint density at radius 3 is 2.46 bits per heavy atom. The third kappa shape index (κ3) is 6.33. The molecule has 0 spiro atoms. The second-order valence-electron chi connectivity index (χ2n) is 7.95. The molecule has 182 valence electrons. The van der Waals surface area contributed by atoms with Gasteiger partial charge in [-0.2, -0.15) is 13.2 Å². The number of para-hydroxylation sites is 1. The number of amides is 1. The SMILES string of the molecule is Cn1cccc1Cc1nnc(SCC(=O)Nc2ccccc2C(F)(F)F)n1CCc1ccccc1. The number of anilines is 1. The lowest BCUT2D eigenvalue weighted by atomic mass is 10.1. The molecule has 0 atom stereocenters. The number of nitrogens with zero attached hydrogens (tertiary/aromatic N) is 4. The van der Waals surface area contributed by atoms with E-state index in [0.717, 1.165) is 41.3 Å². The molecule has 1 N–H and O–H groups in total. The highest BCUT2D eigenvalue weighted by molar-refractivity contribution is 7.99. The van der Waals surface area contributed by atoms with Crippen LogP contribution in [0.4, 0.5) is 18.9 Å². The Hall–Kier alpha value is -3.53. The maximum atomic E-state index is 13.2. The number of aryl methyl sites for hydroxylation is 2. The Bertz CT molecular complexity index is 1280. The van der Waals surface area contributed by atoms with Crippen LogP contribution < -0.4 is 5.32 Å². The van der Waals surface area contributed by atoms with Crippen molar-refractivity contribution in [1.29, 1.82) is 0 Å². The molecule has 2 aromatic carbocycles. The molecule has 0 radical (unpaired) electrons. The highest BCUT2D eigenvalue weighted by atomic mass is 32.2. The van der Waals surface area contributed by atoms with Crippen LogP contribution in [0, 0.1) is 0 Å². The van der Waals surface area contributed by atoms with Crippen molar-refractivity contribution in [3.8, 4) is 0 Å². The van der Waals surface area contributed by atoms with Crippen LogP contribution in [0.5, 0.6) is 0 Å². The van der Waals surface area contributed by atoms with Gasteiger partial charge in [0.1, 0.15) is 5.82 Å². The van der Waals surface area contributed by atoms with Crippen molar-refractivity contribution in [2.45, 2.75) is 30.7 Å². The van der Waals surface area contributed by atoms with Gasteiger partial charge in [0.2, 0.25) is 5.91 Å². The van der Waals surface area contributed by atoms with E-state index in [1.807, 2.05) is 64.8 Å². The average molecular weight is 500 g/mol. The van der Waals surface area contributed by atoms with Gasteiger partial charge in [0, 0.05) is 31.9 Å². The zero-order valence-corrected chi connectivity index (χ0v) is 19.8. The molecule has 0 aliphatic rings. The predicted octanol–water partition coefficient (Wildman–Crippen LogP) is 5.20. The molecular formula is C25H24F3N5OS. The largest absolute Gasteiger partial charge is 0.418 e. The zero-order valence-electron chi connectivity index (χ0n) is 19.0. The van der Waals surface area contributed by atoms with E-state index in [-0.39, 0.29) is 11.4 Å². The average Bonchev–Trinajstić information content (AvgIpc) is 3.42. The third-order valence-electron chi connectivity index (χ3n) is 5.49. The molecule has 0 bridgehead atoms. The van der Waals surface area contributed by atoms with Crippen molar-refractivity contribution in [3.05, 3.63) is 95.6 Å². The molecule has 4 rings (SSSR count). The number of alkyl halides is 3. The van der Waals surface area contributed by atoms with Crippen LogP contribution in [-0.2, 0) is 37.4 Å². The zero-order chi connectivity index (χ0) is 24.8. The van der Waals surface area contributed by atoms with Gasteiger partial charge in [-0.1, -0.05) is 54.2 Å². The van der Waals surface area contributed by atoms with Crippen molar-refractivity contribution in [2.24, 2.45) is 7.05 Å². The number of carbonyl (C=O) groups excluding carboxylic acids is 1. The number of hydrogen-bond donors (Lipinski definition) is 1. The van der Waals surface area contributed by atoms with Gasteiger partial charge in [-0.25, -0.2) is 0 Å². The summed E-state index contributed by atoms with van der Waals surface area (Å²) < 4.78 is 43.7. The number of halogens is 3. The lowest BCUT2D eigenvalue weighted by molar-refractivity contribution is -0.137. The molecular weight excluding hydrogens is 475 g/mol. The van der Waals surface area contributed by atoms with Crippen molar-refractivity contribution in [2.75, 3.05) is 11.1 Å². The second-order valence-corrected chi connectivity index (χ2v) is 8.90. The molecule has 1 amide bonds. The van der Waals surface area contributed by atoms with E-state index in [1.54, 1.807) is 0 Å². The molecule has 0 aliphatic carbocycles. The molecule has 4 aromatic rings. The number of hydrogen-bond acceptors (Lipinski definition) is 4. The molecule has 2 heterocycles. The van der Waals surface area contributed by atoms with Crippen LogP contribution in [0.1, 0.15) is 22.6 Å². The lowest BCUT2D eigenvalue weighted by Gasteiger charge is -2.14. The van der Waals surface area contributed by atoms with Gasteiger partial charge in [-0.15, -0.1) is 10.2 Å².